The fourth-order valence-electron chi connectivity index (χ4n) is 2.01. The highest BCUT2D eigenvalue weighted by molar-refractivity contribution is 6.11. The van der Waals surface area contributed by atoms with E-state index in [-0.39, 0.29) is 0 Å². The van der Waals surface area contributed by atoms with Crippen molar-refractivity contribution >= 4 is 27.7 Å². The molecule has 0 saturated carbocycles. The zero-order valence-corrected chi connectivity index (χ0v) is 8.59. The predicted octanol–water partition coefficient (Wildman–Crippen LogP) is 2.66. The Morgan fingerprint density at radius 1 is 1.47 bits per heavy atom. The molecule has 15 heavy (non-hydrogen) atoms. The maximum Gasteiger partial charge on any atom is 0.177 e. The second kappa shape index (κ2) is 2.76. The third kappa shape index (κ3) is 0.986. The SMILES string of the molecule is CNc1noc2cc(C)c3[nH]ccc3c12. The molecule has 3 rings (SSSR count). The van der Waals surface area contributed by atoms with Gasteiger partial charge < -0.3 is 14.8 Å². The highest BCUT2D eigenvalue weighted by Crippen LogP contribution is 2.32. The second-order valence-electron chi connectivity index (χ2n) is 3.61. The van der Waals surface area contributed by atoms with Gasteiger partial charge in [-0.05, 0) is 24.6 Å². The van der Waals surface area contributed by atoms with Gasteiger partial charge in [-0.25, -0.2) is 0 Å². The van der Waals surface area contributed by atoms with Crippen LogP contribution in [0.3, 0.4) is 0 Å². The Balaban J connectivity index is 2.59. The lowest BCUT2D eigenvalue weighted by molar-refractivity contribution is 0.460. The van der Waals surface area contributed by atoms with Gasteiger partial charge in [0.25, 0.3) is 0 Å². The average Bonchev–Trinajstić information content (AvgIpc) is 2.81. The number of nitrogens with zero attached hydrogens (tertiary/aromatic N) is 1. The van der Waals surface area contributed by atoms with Gasteiger partial charge in [0.2, 0.25) is 0 Å². The van der Waals surface area contributed by atoms with Crippen molar-refractivity contribution in [3.8, 4) is 0 Å². The maximum absolute atomic E-state index is 5.27. The molecule has 4 heteroatoms. The Morgan fingerprint density at radius 3 is 3.13 bits per heavy atom. The van der Waals surface area contributed by atoms with E-state index in [1.54, 1.807) is 0 Å². The number of aromatic nitrogens is 2. The van der Waals surface area contributed by atoms with E-state index >= 15 is 0 Å². The molecule has 0 atom stereocenters. The van der Waals surface area contributed by atoms with E-state index in [0.717, 1.165) is 27.7 Å². The first-order valence-corrected chi connectivity index (χ1v) is 4.85. The van der Waals surface area contributed by atoms with Crippen molar-refractivity contribution in [2.45, 2.75) is 6.92 Å². The minimum absolute atomic E-state index is 0.787. The standard InChI is InChI=1S/C11H11N3O/c1-6-5-8-9(11(12-2)14-15-8)7-3-4-13-10(6)7/h3-5,13H,1-2H3,(H,12,14). The third-order valence-corrected chi connectivity index (χ3v) is 2.71. The lowest BCUT2D eigenvalue weighted by Crippen LogP contribution is -1.88. The summed E-state index contributed by atoms with van der Waals surface area (Å²) in [5, 5.41) is 9.21. The Morgan fingerprint density at radius 2 is 2.33 bits per heavy atom. The number of nitrogens with one attached hydrogen (secondary N) is 2. The van der Waals surface area contributed by atoms with Crippen molar-refractivity contribution in [3.05, 3.63) is 23.9 Å². The summed E-state index contributed by atoms with van der Waals surface area (Å²) in [6.45, 7) is 2.06. The molecule has 76 valence electrons. The van der Waals surface area contributed by atoms with Crippen LogP contribution in [0, 0.1) is 6.92 Å². The highest BCUT2D eigenvalue weighted by Gasteiger charge is 2.12. The van der Waals surface area contributed by atoms with Crippen molar-refractivity contribution < 1.29 is 4.52 Å². The number of hydrogen-bond donors (Lipinski definition) is 2. The van der Waals surface area contributed by atoms with Crippen molar-refractivity contribution in [3.63, 3.8) is 0 Å². The topological polar surface area (TPSA) is 53.9 Å². The van der Waals surface area contributed by atoms with Gasteiger partial charge in [0.05, 0.1) is 5.39 Å². The summed E-state index contributed by atoms with van der Waals surface area (Å²) in [5.74, 6) is 0.787. The molecule has 2 aromatic heterocycles. The lowest BCUT2D eigenvalue weighted by Gasteiger charge is -1.98. The summed E-state index contributed by atoms with van der Waals surface area (Å²) in [4.78, 5) is 3.22. The van der Waals surface area contributed by atoms with Crippen LogP contribution in [0.15, 0.2) is 22.9 Å². The summed E-state index contributed by atoms with van der Waals surface area (Å²) < 4.78 is 5.27. The summed E-state index contributed by atoms with van der Waals surface area (Å²) in [6.07, 6.45) is 1.93. The summed E-state index contributed by atoms with van der Waals surface area (Å²) >= 11 is 0. The molecule has 0 aliphatic carbocycles. The Labute approximate surface area is 86.2 Å². The zero-order valence-electron chi connectivity index (χ0n) is 8.59. The van der Waals surface area contributed by atoms with Crippen LogP contribution in [0.25, 0.3) is 21.9 Å². The third-order valence-electron chi connectivity index (χ3n) is 2.71. The molecule has 0 unspecified atom stereocenters. The van der Waals surface area contributed by atoms with Gasteiger partial charge in [-0.2, -0.15) is 0 Å². The number of anilines is 1. The molecule has 1 aromatic carbocycles. The normalized spacial score (nSPS) is 11.3. The van der Waals surface area contributed by atoms with Gasteiger partial charge in [-0.15, -0.1) is 0 Å². The van der Waals surface area contributed by atoms with Crippen LogP contribution in [-0.4, -0.2) is 17.2 Å². The van der Waals surface area contributed by atoms with E-state index < -0.39 is 0 Å². The minimum atomic E-state index is 0.787. The summed E-state index contributed by atoms with van der Waals surface area (Å²) in [5.41, 5.74) is 3.13. The number of aryl methyl sites for hydroxylation is 1. The quantitative estimate of drug-likeness (QED) is 0.636. The molecule has 0 aliphatic heterocycles. The number of fused-ring (bicyclic) bond motifs is 3. The largest absolute Gasteiger partial charge is 0.370 e. The van der Waals surface area contributed by atoms with E-state index in [2.05, 4.69) is 22.4 Å². The first-order chi connectivity index (χ1) is 7.31. The molecule has 0 radical (unpaired) electrons. The van der Waals surface area contributed by atoms with Crippen LogP contribution >= 0.6 is 0 Å². The number of H-pyrrole nitrogens is 1. The van der Waals surface area contributed by atoms with Crippen LogP contribution in [-0.2, 0) is 0 Å². The number of hydrogen-bond acceptors (Lipinski definition) is 3. The minimum Gasteiger partial charge on any atom is -0.370 e. The molecule has 0 saturated heterocycles. The van der Waals surface area contributed by atoms with Gasteiger partial charge in [-0.3, -0.25) is 0 Å². The number of aromatic amines is 1. The maximum atomic E-state index is 5.27. The van der Waals surface area contributed by atoms with E-state index in [1.807, 2.05) is 25.4 Å². The zero-order chi connectivity index (χ0) is 10.4. The van der Waals surface area contributed by atoms with Gasteiger partial charge in [0.15, 0.2) is 11.4 Å². The Bertz CT molecular complexity index is 636. The average molecular weight is 201 g/mol. The van der Waals surface area contributed by atoms with Gasteiger partial charge in [0, 0.05) is 24.1 Å². The molecule has 0 fully saturated rings. The molecule has 0 spiro atoms. The lowest BCUT2D eigenvalue weighted by atomic mass is 10.1. The van der Waals surface area contributed by atoms with Gasteiger partial charge >= 0.3 is 0 Å². The molecular formula is C11H11N3O. The fraction of sp³-hybridized carbons (Fsp3) is 0.182. The van der Waals surface area contributed by atoms with Crippen LogP contribution in [0.4, 0.5) is 5.82 Å². The van der Waals surface area contributed by atoms with E-state index in [1.165, 1.54) is 5.56 Å². The van der Waals surface area contributed by atoms with Gasteiger partial charge in [0.1, 0.15) is 0 Å². The Hall–Kier alpha value is -1.97. The second-order valence-corrected chi connectivity index (χ2v) is 3.61. The van der Waals surface area contributed by atoms with Crippen molar-refractivity contribution in [2.24, 2.45) is 0 Å². The predicted molar refractivity (Wildman–Crippen MR) is 60.1 cm³/mol. The molecule has 0 bridgehead atoms. The summed E-state index contributed by atoms with van der Waals surface area (Å²) in [7, 11) is 1.84. The molecule has 3 aromatic rings. The van der Waals surface area contributed by atoms with Crippen LogP contribution in [0.1, 0.15) is 5.56 Å². The van der Waals surface area contributed by atoms with Crippen molar-refractivity contribution in [1.29, 1.82) is 0 Å². The van der Waals surface area contributed by atoms with Crippen LogP contribution < -0.4 is 5.32 Å². The monoisotopic (exact) mass is 201 g/mol. The molecular weight excluding hydrogens is 190 g/mol. The van der Waals surface area contributed by atoms with E-state index in [4.69, 9.17) is 4.52 Å². The molecule has 0 amide bonds. The van der Waals surface area contributed by atoms with Crippen LogP contribution in [0.5, 0.6) is 0 Å². The van der Waals surface area contributed by atoms with Crippen molar-refractivity contribution in [2.75, 3.05) is 12.4 Å². The van der Waals surface area contributed by atoms with E-state index in [0.29, 0.717) is 0 Å². The molecule has 4 nitrogen and oxygen atoms in total. The fourth-order valence-corrected chi connectivity index (χ4v) is 2.01. The van der Waals surface area contributed by atoms with Crippen LogP contribution in [0.2, 0.25) is 0 Å². The number of benzene rings is 1. The molecule has 2 heterocycles. The highest BCUT2D eigenvalue weighted by atomic mass is 16.5. The number of rotatable bonds is 1. The first-order valence-electron chi connectivity index (χ1n) is 4.85. The molecule has 2 N–H and O–H groups in total. The van der Waals surface area contributed by atoms with E-state index in [9.17, 15) is 0 Å². The first kappa shape index (κ1) is 8.35. The Kier molecular flexibility index (Phi) is 1.54. The van der Waals surface area contributed by atoms with Crippen molar-refractivity contribution in [1.82, 2.24) is 10.1 Å². The molecule has 0 aliphatic rings. The smallest absolute Gasteiger partial charge is 0.177 e. The van der Waals surface area contributed by atoms with Gasteiger partial charge in [-0.1, -0.05) is 5.16 Å². The summed E-state index contributed by atoms with van der Waals surface area (Å²) in [6, 6.07) is 4.05.